The van der Waals surface area contributed by atoms with Gasteiger partial charge in [-0.1, -0.05) is 38.1 Å². The van der Waals surface area contributed by atoms with Crippen LogP contribution < -0.4 is 0 Å². The number of hydrogen-bond donors (Lipinski definition) is 1. The number of ether oxygens (including phenoxy) is 1. The minimum absolute atomic E-state index is 0.223. The van der Waals surface area contributed by atoms with E-state index >= 15 is 0 Å². The number of aryl methyl sites for hydroxylation is 1. The van der Waals surface area contributed by atoms with Crippen molar-refractivity contribution >= 4 is 0 Å². The lowest BCUT2D eigenvalue weighted by Crippen LogP contribution is -2.41. The molecule has 1 aliphatic rings. The van der Waals surface area contributed by atoms with E-state index in [1.165, 1.54) is 11.1 Å². The molecule has 17 heavy (non-hydrogen) atoms. The first-order valence-corrected chi connectivity index (χ1v) is 6.44. The first-order chi connectivity index (χ1) is 8.17. The first-order valence-electron chi connectivity index (χ1n) is 6.44. The number of benzene rings is 1. The van der Waals surface area contributed by atoms with Gasteiger partial charge in [0.2, 0.25) is 0 Å². The predicted octanol–water partition coefficient (Wildman–Crippen LogP) is 2.75. The molecule has 2 heteroatoms. The van der Waals surface area contributed by atoms with Crippen molar-refractivity contribution in [1.82, 2.24) is 0 Å². The maximum atomic E-state index is 9.55. The van der Waals surface area contributed by atoms with Gasteiger partial charge < -0.3 is 9.84 Å². The Morgan fingerprint density at radius 2 is 1.94 bits per heavy atom. The second kappa shape index (κ2) is 5.19. The molecule has 2 rings (SSSR count). The molecule has 2 nitrogen and oxygen atoms in total. The largest absolute Gasteiger partial charge is 0.396 e. The second-order valence-corrected chi connectivity index (χ2v) is 5.48. The molecule has 0 amide bonds. The van der Waals surface area contributed by atoms with Crippen molar-refractivity contribution in [3.63, 3.8) is 0 Å². The summed E-state index contributed by atoms with van der Waals surface area (Å²) in [6, 6.07) is 8.64. The highest BCUT2D eigenvalue weighted by Crippen LogP contribution is 2.37. The lowest BCUT2D eigenvalue weighted by Gasteiger charge is -2.40. The van der Waals surface area contributed by atoms with Crippen molar-refractivity contribution in [2.45, 2.75) is 32.6 Å². The number of aliphatic hydroxyl groups is 1. The molecule has 1 heterocycles. The Labute approximate surface area is 104 Å². The highest BCUT2D eigenvalue weighted by Gasteiger charge is 2.35. The number of rotatable bonds is 5. The summed E-state index contributed by atoms with van der Waals surface area (Å²) in [5.74, 6) is 0.245. The van der Waals surface area contributed by atoms with Gasteiger partial charge in [0.1, 0.15) is 0 Å². The Morgan fingerprint density at radius 3 is 2.35 bits per heavy atom. The van der Waals surface area contributed by atoms with E-state index < -0.39 is 0 Å². The molecule has 94 valence electrons. The maximum absolute atomic E-state index is 9.55. The molecule has 1 fully saturated rings. The van der Waals surface area contributed by atoms with Crippen LogP contribution in [0.1, 0.15) is 37.3 Å². The highest BCUT2D eigenvalue weighted by molar-refractivity contribution is 5.25. The van der Waals surface area contributed by atoms with E-state index in [0.717, 1.165) is 26.1 Å². The average molecular weight is 234 g/mol. The molecule has 1 saturated heterocycles. The Kier molecular flexibility index (Phi) is 3.85. The van der Waals surface area contributed by atoms with Crippen LogP contribution in [-0.4, -0.2) is 24.9 Å². The van der Waals surface area contributed by atoms with Crippen molar-refractivity contribution in [2.75, 3.05) is 19.8 Å². The minimum atomic E-state index is 0.223. The average Bonchev–Trinajstić information content (AvgIpc) is 2.34. The van der Waals surface area contributed by atoms with Gasteiger partial charge in [-0.3, -0.25) is 0 Å². The standard InChI is InChI=1S/C15H22O2/c1-3-12-4-6-13(7-5-12)14(9-16)8-15(2)10-17-11-15/h4-7,14,16H,3,8-11H2,1-2H3. The van der Waals surface area contributed by atoms with Crippen LogP contribution in [0.4, 0.5) is 0 Å². The van der Waals surface area contributed by atoms with Gasteiger partial charge >= 0.3 is 0 Å². The Balaban J connectivity index is 2.05. The Morgan fingerprint density at radius 1 is 1.29 bits per heavy atom. The number of hydrogen-bond acceptors (Lipinski definition) is 2. The summed E-state index contributed by atoms with van der Waals surface area (Å²) < 4.78 is 5.27. The molecule has 1 aromatic rings. The van der Waals surface area contributed by atoms with E-state index in [1.54, 1.807) is 0 Å². The van der Waals surface area contributed by atoms with Gasteiger partial charge in [-0.15, -0.1) is 0 Å². The zero-order valence-electron chi connectivity index (χ0n) is 10.8. The van der Waals surface area contributed by atoms with E-state index in [1.807, 2.05) is 0 Å². The molecular formula is C15H22O2. The van der Waals surface area contributed by atoms with Crippen molar-refractivity contribution in [3.05, 3.63) is 35.4 Å². The predicted molar refractivity (Wildman–Crippen MR) is 69.2 cm³/mol. The van der Waals surface area contributed by atoms with E-state index in [0.29, 0.717) is 0 Å². The number of aliphatic hydroxyl groups excluding tert-OH is 1. The van der Waals surface area contributed by atoms with Crippen LogP contribution in [0.3, 0.4) is 0 Å². The molecule has 0 aromatic heterocycles. The molecule has 1 aliphatic heterocycles. The maximum Gasteiger partial charge on any atom is 0.0542 e. The second-order valence-electron chi connectivity index (χ2n) is 5.48. The third kappa shape index (κ3) is 2.88. The van der Waals surface area contributed by atoms with Gasteiger partial charge in [-0.05, 0) is 24.0 Å². The lowest BCUT2D eigenvalue weighted by molar-refractivity contribution is -0.110. The summed E-state index contributed by atoms with van der Waals surface area (Å²) >= 11 is 0. The fourth-order valence-corrected chi connectivity index (χ4v) is 2.48. The molecule has 1 aromatic carbocycles. The molecular weight excluding hydrogens is 212 g/mol. The third-order valence-electron chi connectivity index (χ3n) is 3.72. The Hall–Kier alpha value is -0.860. The molecule has 0 spiro atoms. The van der Waals surface area contributed by atoms with Crippen LogP contribution in [0.2, 0.25) is 0 Å². The normalized spacial score (nSPS) is 19.7. The van der Waals surface area contributed by atoms with E-state index in [-0.39, 0.29) is 17.9 Å². The van der Waals surface area contributed by atoms with Crippen LogP contribution in [0, 0.1) is 5.41 Å². The lowest BCUT2D eigenvalue weighted by atomic mass is 9.77. The molecule has 1 atom stereocenters. The van der Waals surface area contributed by atoms with E-state index in [4.69, 9.17) is 4.74 Å². The van der Waals surface area contributed by atoms with Crippen molar-refractivity contribution in [1.29, 1.82) is 0 Å². The van der Waals surface area contributed by atoms with Gasteiger partial charge in [0.25, 0.3) is 0 Å². The summed E-state index contributed by atoms with van der Waals surface area (Å²) in [6.07, 6.45) is 2.07. The molecule has 0 bridgehead atoms. The van der Waals surface area contributed by atoms with Gasteiger partial charge in [-0.25, -0.2) is 0 Å². The van der Waals surface area contributed by atoms with Crippen LogP contribution in [0.25, 0.3) is 0 Å². The zero-order chi connectivity index (χ0) is 12.3. The zero-order valence-corrected chi connectivity index (χ0v) is 10.8. The van der Waals surface area contributed by atoms with E-state index in [2.05, 4.69) is 38.1 Å². The molecule has 0 aliphatic carbocycles. The summed E-state index contributed by atoms with van der Waals surface area (Å²) in [5.41, 5.74) is 2.86. The summed E-state index contributed by atoms with van der Waals surface area (Å²) in [5, 5.41) is 9.55. The van der Waals surface area contributed by atoms with Crippen molar-refractivity contribution in [3.8, 4) is 0 Å². The summed E-state index contributed by atoms with van der Waals surface area (Å²) in [7, 11) is 0. The summed E-state index contributed by atoms with van der Waals surface area (Å²) in [4.78, 5) is 0. The minimum Gasteiger partial charge on any atom is -0.396 e. The van der Waals surface area contributed by atoms with Gasteiger partial charge in [0.05, 0.1) is 13.2 Å². The van der Waals surface area contributed by atoms with Gasteiger partial charge in [0, 0.05) is 17.9 Å². The Bertz CT molecular complexity index is 352. The molecule has 0 radical (unpaired) electrons. The third-order valence-corrected chi connectivity index (χ3v) is 3.72. The van der Waals surface area contributed by atoms with Crippen LogP contribution in [-0.2, 0) is 11.2 Å². The molecule has 1 unspecified atom stereocenters. The summed E-state index contributed by atoms with van der Waals surface area (Å²) in [6.45, 7) is 6.28. The molecule has 1 N–H and O–H groups in total. The monoisotopic (exact) mass is 234 g/mol. The fraction of sp³-hybridized carbons (Fsp3) is 0.600. The highest BCUT2D eigenvalue weighted by atomic mass is 16.5. The SMILES string of the molecule is CCc1ccc(C(CO)CC2(C)COC2)cc1. The smallest absolute Gasteiger partial charge is 0.0542 e. The van der Waals surface area contributed by atoms with Crippen LogP contribution in [0.5, 0.6) is 0 Å². The van der Waals surface area contributed by atoms with Crippen LogP contribution in [0.15, 0.2) is 24.3 Å². The van der Waals surface area contributed by atoms with Crippen molar-refractivity contribution in [2.24, 2.45) is 5.41 Å². The van der Waals surface area contributed by atoms with E-state index in [9.17, 15) is 5.11 Å². The quantitative estimate of drug-likeness (QED) is 0.849. The van der Waals surface area contributed by atoms with Crippen LogP contribution >= 0.6 is 0 Å². The van der Waals surface area contributed by atoms with Gasteiger partial charge in [0.15, 0.2) is 0 Å². The topological polar surface area (TPSA) is 29.5 Å². The van der Waals surface area contributed by atoms with Gasteiger partial charge in [-0.2, -0.15) is 0 Å². The fourth-order valence-electron chi connectivity index (χ4n) is 2.48. The molecule has 0 saturated carbocycles. The first kappa shape index (κ1) is 12.6. The van der Waals surface area contributed by atoms with Crippen molar-refractivity contribution < 1.29 is 9.84 Å².